The highest BCUT2D eigenvalue weighted by Gasteiger charge is 2.49. The van der Waals surface area contributed by atoms with E-state index in [1.54, 1.807) is 21.3 Å². The van der Waals surface area contributed by atoms with Crippen molar-refractivity contribution in [2.45, 2.75) is 109 Å². The highest BCUT2D eigenvalue weighted by atomic mass is 35.5. The molecule has 0 aliphatic carbocycles. The zero-order valence-corrected chi connectivity index (χ0v) is 21.3. The quantitative estimate of drug-likeness (QED) is 0.119. The van der Waals surface area contributed by atoms with Crippen LogP contribution >= 0.6 is 11.6 Å². The van der Waals surface area contributed by atoms with Crippen molar-refractivity contribution in [1.82, 2.24) is 6.15 Å². The van der Waals surface area contributed by atoms with Gasteiger partial charge in [0.25, 0.3) is 0 Å². The van der Waals surface area contributed by atoms with E-state index >= 15 is 0 Å². The summed E-state index contributed by atoms with van der Waals surface area (Å²) in [5.41, 5.74) is 0.333. The third kappa shape index (κ3) is 12.1. The van der Waals surface area contributed by atoms with Crippen molar-refractivity contribution >= 4 is 20.4 Å². The fourth-order valence-electron chi connectivity index (χ4n) is 4.33. The van der Waals surface area contributed by atoms with E-state index in [0.29, 0.717) is 17.3 Å². The Morgan fingerprint density at radius 1 is 0.679 bits per heavy atom. The molecule has 0 saturated heterocycles. The largest absolute Gasteiger partial charge is 0.503 e. The van der Waals surface area contributed by atoms with E-state index in [4.69, 9.17) is 24.9 Å². The summed E-state index contributed by atoms with van der Waals surface area (Å²) in [5, 5.41) is 0. The molecule has 0 aliphatic heterocycles. The van der Waals surface area contributed by atoms with Crippen molar-refractivity contribution in [2.75, 3.05) is 27.2 Å². The molecule has 0 aromatic rings. The summed E-state index contributed by atoms with van der Waals surface area (Å²) in [6, 6.07) is 0. The smallest absolute Gasteiger partial charge is 0.377 e. The van der Waals surface area contributed by atoms with E-state index < -0.39 is 8.80 Å². The summed E-state index contributed by atoms with van der Waals surface area (Å²) < 4.78 is 17.3. The van der Waals surface area contributed by atoms with E-state index in [1.165, 1.54) is 77.0 Å². The highest BCUT2D eigenvalue weighted by Crippen LogP contribution is 2.39. The molecule has 0 amide bonds. The Morgan fingerprint density at radius 2 is 1.11 bits per heavy atom. The number of rotatable bonds is 20. The van der Waals surface area contributed by atoms with Gasteiger partial charge in [0.05, 0.1) is 0 Å². The van der Waals surface area contributed by atoms with Crippen LogP contribution < -0.4 is 6.15 Å². The van der Waals surface area contributed by atoms with E-state index in [9.17, 15) is 0 Å². The van der Waals surface area contributed by atoms with Crippen molar-refractivity contribution in [3.8, 4) is 0 Å². The maximum absolute atomic E-state index is 6.11. The maximum atomic E-state index is 6.11. The second kappa shape index (κ2) is 20.6. The minimum absolute atomic E-state index is 0. The third-order valence-corrected chi connectivity index (χ3v) is 9.69. The molecule has 4 nitrogen and oxygen atoms in total. The summed E-state index contributed by atoms with van der Waals surface area (Å²) in [5.74, 6) is 1.22. The molecule has 0 radical (unpaired) electrons. The average molecular weight is 440 g/mol. The fraction of sp³-hybridized carbons (Fsp3) is 1.00. The van der Waals surface area contributed by atoms with Gasteiger partial charge >= 0.3 is 8.80 Å². The normalized spacial score (nSPS) is 13.9. The topological polar surface area (TPSA) is 62.7 Å². The van der Waals surface area contributed by atoms with Gasteiger partial charge in [-0.05, 0) is 18.8 Å². The molecule has 0 saturated carbocycles. The van der Waals surface area contributed by atoms with Gasteiger partial charge in [-0.1, -0.05) is 90.9 Å². The molecule has 0 aromatic carbocycles. The molecule has 3 N–H and O–H groups in total. The van der Waals surface area contributed by atoms with Crippen molar-refractivity contribution in [2.24, 2.45) is 5.92 Å². The minimum atomic E-state index is -2.61. The Bertz CT molecular complexity index is 312. The summed E-state index contributed by atoms with van der Waals surface area (Å²) >= 11 is 6.11. The van der Waals surface area contributed by atoms with Crippen LogP contribution in [0.15, 0.2) is 0 Å². The summed E-state index contributed by atoms with van der Waals surface area (Å²) in [6.45, 7) is 4.49. The lowest BCUT2D eigenvalue weighted by Crippen LogP contribution is -2.50. The van der Waals surface area contributed by atoms with Crippen LogP contribution in [-0.4, -0.2) is 36.0 Å². The van der Waals surface area contributed by atoms with E-state index in [1.807, 2.05) is 0 Å². The number of alkyl halides is 1. The van der Waals surface area contributed by atoms with Crippen molar-refractivity contribution in [3.63, 3.8) is 0 Å². The first-order valence-corrected chi connectivity index (χ1v) is 13.7. The van der Waals surface area contributed by atoms with E-state index in [0.717, 1.165) is 12.8 Å². The van der Waals surface area contributed by atoms with E-state index in [2.05, 4.69) is 13.8 Å². The monoisotopic (exact) mass is 439 g/mol. The average Bonchev–Trinajstić information content (AvgIpc) is 2.70. The molecule has 28 heavy (non-hydrogen) atoms. The van der Waals surface area contributed by atoms with Crippen LogP contribution in [0, 0.1) is 5.92 Å². The second-order valence-electron chi connectivity index (χ2n) is 7.79. The zero-order chi connectivity index (χ0) is 20.4. The predicted octanol–water partition coefficient (Wildman–Crippen LogP) is 7.75. The lowest BCUT2D eigenvalue weighted by molar-refractivity contribution is 0.0979. The molecular weight excluding hydrogens is 390 g/mol. The van der Waals surface area contributed by atoms with Crippen LogP contribution in [0.4, 0.5) is 0 Å². The number of halogens is 1. The molecule has 2 atom stereocenters. The summed E-state index contributed by atoms with van der Waals surface area (Å²) in [7, 11) is 2.57. The molecule has 0 aromatic heterocycles. The van der Waals surface area contributed by atoms with Gasteiger partial charge in [0.2, 0.25) is 0 Å². The zero-order valence-electron chi connectivity index (χ0n) is 19.6. The maximum Gasteiger partial charge on any atom is 0.503 e. The van der Waals surface area contributed by atoms with Crippen LogP contribution in [0.3, 0.4) is 0 Å². The van der Waals surface area contributed by atoms with Crippen LogP contribution in [0.1, 0.15) is 104 Å². The lowest BCUT2D eigenvalue weighted by atomic mass is 9.93. The van der Waals surface area contributed by atoms with Gasteiger partial charge < -0.3 is 19.4 Å². The van der Waals surface area contributed by atoms with Gasteiger partial charge in [0, 0.05) is 32.8 Å². The molecule has 172 valence electrons. The Balaban J connectivity index is 0. The van der Waals surface area contributed by atoms with Crippen LogP contribution in [-0.2, 0) is 13.3 Å². The fourth-order valence-corrected chi connectivity index (χ4v) is 7.43. The first-order valence-electron chi connectivity index (χ1n) is 11.4. The van der Waals surface area contributed by atoms with Gasteiger partial charge in [0.15, 0.2) is 0 Å². The lowest BCUT2D eigenvalue weighted by Gasteiger charge is -2.37. The first kappa shape index (κ1) is 30.5. The molecule has 0 heterocycles. The number of hydrogen-bond donors (Lipinski definition) is 1. The Kier molecular flexibility index (Phi) is 22.5. The second-order valence-corrected chi connectivity index (χ2v) is 11.3. The van der Waals surface area contributed by atoms with Gasteiger partial charge in [-0.3, -0.25) is 0 Å². The number of unbranched alkanes of at least 4 members (excludes halogenated alkanes) is 10. The van der Waals surface area contributed by atoms with Crippen LogP contribution in [0.5, 0.6) is 0 Å². The van der Waals surface area contributed by atoms with Crippen molar-refractivity contribution in [1.29, 1.82) is 0 Å². The standard InChI is InChI=1S/C22H47ClO3Si.H3N/c1-6-8-9-10-11-12-13-14-15-16-17-18-21(19-20-23)22(7-2)27(24-3,25-4)26-5;/h21-22H,6-20H2,1-5H3;1H3. The third-order valence-electron chi connectivity index (χ3n) is 5.97. The van der Waals surface area contributed by atoms with Crippen molar-refractivity contribution < 1.29 is 13.3 Å². The predicted molar refractivity (Wildman–Crippen MR) is 126 cm³/mol. The molecular formula is C22H50ClNO3Si. The Morgan fingerprint density at radius 3 is 1.46 bits per heavy atom. The SMILES string of the molecule is CCCCCCCCCCCCCC(CCCl)C(CC)[Si](OC)(OC)OC.N. The highest BCUT2D eigenvalue weighted by molar-refractivity contribution is 6.62. The summed E-state index contributed by atoms with van der Waals surface area (Å²) in [4.78, 5) is 0. The van der Waals surface area contributed by atoms with Gasteiger partial charge in [-0.15, -0.1) is 11.6 Å². The van der Waals surface area contributed by atoms with Crippen LogP contribution in [0.25, 0.3) is 0 Å². The molecule has 2 unspecified atom stereocenters. The molecule has 0 fully saturated rings. The molecule has 6 heteroatoms. The van der Waals surface area contributed by atoms with E-state index in [-0.39, 0.29) is 6.15 Å². The molecule has 0 spiro atoms. The first-order chi connectivity index (χ1) is 13.2. The molecule has 0 aliphatic rings. The van der Waals surface area contributed by atoms with Crippen LogP contribution in [0.2, 0.25) is 5.54 Å². The Labute approximate surface area is 182 Å². The molecule has 0 bridgehead atoms. The number of hydrogen-bond acceptors (Lipinski definition) is 4. The van der Waals surface area contributed by atoms with Gasteiger partial charge in [-0.25, -0.2) is 0 Å². The van der Waals surface area contributed by atoms with Gasteiger partial charge in [-0.2, -0.15) is 0 Å². The van der Waals surface area contributed by atoms with Crippen molar-refractivity contribution in [3.05, 3.63) is 0 Å². The Hall–Kier alpha value is 0.347. The van der Waals surface area contributed by atoms with Gasteiger partial charge in [0.1, 0.15) is 0 Å². The summed E-state index contributed by atoms with van der Waals surface area (Å²) in [6.07, 6.45) is 18.4. The minimum Gasteiger partial charge on any atom is -0.377 e. The molecule has 0 rings (SSSR count).